The lowest BCUT2D eigenvalue weighted by atomic mass is 9.79. The highest BCUT2D eigenvalue weighted by molar-refractivity contribution is 6.16. The Morgan fingerprint density at radius 3 is 2.57 bits per heavy atom. The van der Waals surface area contributed by atoms with E-state index in [0.29, 0.717) is 12.0 Å². The van der Waals surface area contributed by atoms with Crippen molar-refractivity contribution in [2.24, 2.45) is 5.41 Å². The number of ketones is 1. The van der Waals surface area contributed by atoms with Crippen molar-refractivity contribution in [1.29, 1.82) is 0 Å². The van der Waals surface area contributed by atoms with Crippen molar-refractivity contribution in [2.75, 3.05) is 0 Å². The Morgan fingerprint density at radius 2 is 2.00 bits per heavy atom. The van der Waals surface area contributed by atoms with E-state index in [2.05, 4.69) is 0 Å². The highest BCUT2D eigenvalue weighted by Crippen LogP contribution is 2.42. The topological polar surface area (TPSA) is 60.4 Å². The SMILES string of the molecule is CC(C)(C)OC(=O)C1(CCC=O)Cc2ccccc2C1=O. The predicted molar refractivity (Wildman–Crippen MR) is 78.1 cm³/mol. The summed E-state index contributed by atoms with van der Waals surface area (Å²) in [4.78, 5) is 36.1. The summed E-state index contributed by atoms with van der Waals surface area (Å²) in [5.41, 5.74) is -0.508. The second kappa shape index (κ2) is 5.43. The first-order valence-electron chi connectivity index (χ1n) is 7.10. The average molecular weight is 288 g/mol. The average Bonchev–Trinajstić information content (AvgIpc) is 2.69. The summed E-state index contributed by atoms with van der Waals surface area (Å²) in [6.07, 6.45) is 1.41. The zero-order valence-electron chi connectivity index (χ0n) is 12.6. The first-order chi connectivity index (χ1) is 9.80. The summed E-state index contributed by atoms with van der Waals surface area (Å²) in [5, 5.41) is 0. The van der Waals surface area contributed by atoms with Crippen molar-refractivity contribution >= 4 is 18.0 Å². The van der Waals surface area contributed by atoms with Crippen molar-refractivity contribution in [3.63, 3.8) is 0 Å². The number of ether oxygens (including phenoxy) is 1. The minimum Gasteiger partial charge on any atom is -0.459 e. The van der Waals surface area contributed by atoms with Gasteiger partial charge in [-0.05, 0) is 39.2 Å². The minimum absolute atomic E-state index is 0.166. The molecule has 2 rings (SSSR count). The molecule has 1 aliphatic rings. The zero-order valence-corrected chi connectivity index (χ0v) is 12.6. The third kappa shape index (κ3) is 2.89. The van der Waals surface area contributed by atoms with Gasteiger partial charge in [-0.1, -0.05) is 24.3 Å². The summed E-state index contributed by atoms with van der Waals surface area (Å²) < 4.78 is 5.45. The maximum absolute atomic E-state index is 12.7. The molecule has 0 spiro atoms. The lowest BCUT2D eigenvalue weighted by Crippen LogP contribution is -2.42. The van der Waals surface area contributed by atoms with Crippen LogP contribution in [-0.2, 0) is 20.7 Å². The number of hydrogen-bond acceptors (Lipinski definition) is 4. The number of hydrogen-bond donors (Lipinski definition) is 0. The molecule has 1 unspecified atom stereocenters. The van der Waals surface area contributed by atoms with Gasteiger partial charge in [0.15, 0.2) is 5.78 Å². The molecule has 112 valence electrons. The Hall–Kier alpha value is -1.97. The predicted octanol–water partition coefficient (Wildman–Crippen LogP) is 2.73. The highest BCUT2D eigenvalue weighted by atomic mass is 16.6. The molecule has 0 saturated carbocycles. The van der Waals surface area contributed by atoms with Gasteiger partial charge in [0, 0.05) is 12.0 Å². The van der Waals surface area contributed by atoms with E-state index in [1.165, 1.54) is 0 Å². The monoisotopic (exact) mass is 288 g/mol. The maximum atomic E-state index is 12.7. The minimum atomic E-state index is -1.25. The van der Waals surface area contributed by atoms with Crippen molar-refractivity contribution in [3.8, 4) is 0 Å². The van der Waals surface area contributed by atoms with Crippen LogP contribution in [-0.4, -0.2) is 23.6 Å². The van der Waals surface area contributed by atoms with Crippen LogP contribution in [0.5, 0.6) is 0 Å². The Balaban J connectivity index is 2.39. The number of aldehydes is 1. The molecular formula is C17H20O4. The van der Waals surface area contributed by atoms with Crippen LogP contribution in [0.1, 0.15) is 49.5 Å². The second-order valence-corrected chi connectivity index (χ2v) is 6.45. The first kappa shape index (κ1) is 15.4. The molecule has 21 heavy (non-hydrogen) atoms. The number of carbonyl (C=O) groups is 3. The third-order valence-electron chi connectivity index (χ3n) is 3.67. The normalized spacial score (nSPS) is 21.0. The van der Waals surface area contributed by atoms with E-state index in [1.807, 2.05) is 12.1 Å². The second-order valence-electron chi connectivity index (χ2n) is 6.45. The van der Waals surface area contributed by atoms with Gasteiger partial charge in [0.2, 0.25) is 0 Å². The van der Waals surface area contributed by atoms with Crippen LogP contribution in [0.25, 0.3) is 0 Å². The van der Waals surface area contributed by atoms with E-state index in [0.717, 1.165) is 11.8 Å². The van der Waals surface area contributed by atoms with Gasteiger partial charge in [0.25, 0.3) is 0 Å². The Morgan fingerprint density at radius 1 is 1.33 bits per heavy atom. The van der Waals surface area contributed by atoms with E-state index >= 15 is 0 Å². The molecule has 0 aliphatic heterocycles. The molecule has 0 radical (unpaired) electrons. The standard InChI is InChI=1S/C17H20O4/c1-16(2,3)21-15(20)17(9-6-10-18)11-12-7-4-5-8-13(12)14(17)19/h4-5,7-8,10H,6,9,11H2,1-3H3. The first-order valence-corrected chi connectivity index (χ1v) is 7.10. The third-order valence-corrected chi connectivity index (χ3v) is 3.67. The van der Waals surface area contributed by atoms with Gasteiger partial charge in [0.05, 0.1) is 0 Å². The molecule has 4 heteroatoms. The summed E-state index contributed by atoms with van der Waals surface area (Å²) in [5.74, 6) is -0.757. The van der Waals surface area contributed by atoms with E-state index in [4.69, 9.17) is 4.74 Å². The van der Waals surface area contributed by atoms with Crippen LogP contribution < -0.4 is 0 Å². The molecule has 0 bridgehead atoms. The Labute approximate surface area is 124 Å². The zero-order chi connectivity index (χ0) is 15.7. The summed E-state index contributed by atoms with van der Waals surface area (Å²) in [6, 6.07) is 7.20. The van der Waals surface area contributed by atoms with Crippen LogP contribution in [0.4, 0.5) is 0 Å². The van der Waals surface area contributed by atoms with E-state index in [9.17, 15) is 14.4 Å². The van der Waals surface area contributed by atoms with E-state index < -0.39 is 17.0 Å². The number of Topliss-reactive ketones (excluding diaryl/α,β-unsaturated/α-hetero) is 1. The summed E-state index contributed by atoms with van der Waals surface area (Å²) in [7, 11) is 0. The molecule has 4 nitrogen and oxygen atoms in total. The number of rotatable bonds is 4. The van der Waals surface area contributed by atoms with Crippen LogP contribution in [0.15, 0.2) is 24.3 Å². The highest BCUT2D eigenvalue weighted by Gasteiger charge is 2.52. The van der Waals surface area contributed by atoms with Gasteiger partial charge >= 0.3 is 5.97 Å². The number of carbonyl (C=O) groups excluding carboxylic acids is 3. The van der Waals surface area contributed by atoms with E-state index in [1.54, 1.807) is 32.9 Å². The lowest BCUT2D eigenvalue weighted by molar-refractivity contribution is -0.164. The van der Waals surface area contributed by atoms with Crippen molar-refractivity contribution in [2.45, 2.75) is 45.6 Å². The van der Waals surface area contributed by atoms with Gasteiger partial charge in [-0.2, -0.15) is 0 Å². The van der Waals surface area contributed by atoms with Gasteiger partial charge < -0.3 is 9.53 Å². The fourth-order valence-electron chi connectivity index (χ4n) is 2.71. The van der Waals surface area contributed by atoms with Gasteiger partial charge in [0.1, 0.15) is 17.3 Å². The summed E-state index contributed by atoms with van der Waals surface area (Å²) >= 11 is 0. The largest absolute Gasteiger partial charge is 0.459 e. The fourth-order valence-corrected chi connectivity index (χ4v) is 2.71. The van der Waals surface area contributed by atoms with Crippen LogP contribution in [0.2, 0.25) is 0 Å². The fraction of sp³-hybridized carbons (Fsp3) is 0.471. The molecule has 1 atom stereocenters. The molecule has 0 aromatic heterocycles. The molecule has 0 N–H and O–H groups in total. The van der Waals surface area contributed by atoms with Gasteiger partial charge in [-0.15, -0.1) is 0 Å². The molecule has 0 saturated heterocycles. The quantitative estimate of drug-likeness (QED) is 0.485. The molecular weight excluding hydrogens is 268 g/mol. The van der Waals surface area contributed by atoms with Crippen LogP contribution in [0.3, 0.4) is 0 Å². The Bertz CT molecular complexity index is 583. The number of esters is 1. The molecule has 1 aliphatic carbocycles. The molecule has 0 fully saturated rings. The van der Waals surface area contributed by atoms with Crippen LogP contribution in [0, 0.1) is 5.41 Å². The smallest absolute Gasteiger partial charge is 0.320 e. The van der Waals surface area contributed by atoms with E-state index in [-0.39, 0.29) is 18.6 Å². The van der Waals surface area contributed by atoms with Gasteiger partial charge in [-0.25, -0.2) is 0 Å². The van der Waals surface area contributed by atoms with Crippen molar-refractivity contribution in [1.82, 2.24) is 0 Å². The maximum Gasteiger partial charge on any atom is 0.320 e. The molecule has 0 amide bonds. The van der Waals surface area contributed by atoms with Gasteiger partial charge in [-0.3, -0.25) is 9.59 Å². The molecule has 1 aromatic rings. The van der Waals surface area contributed by atoms with Crippen LogP contribution >= 0.6 is 0 Å². The number of benzene rings is 1. The Kier molecular flexibility index (Phi) is 3.99. The molecule has 0 heterocycles. The molecule has 1 aromatic carbocycles. The lowest BCUT2D eigenvalue weighted by Gasteiger charge is -2.29. The summed E-state index contributed by atoms with van der Waals surface area (Å²) in [6.45, 7) is 5.31. The van der Waals surface area contributed by atoms with Crippen molar-refractivity contribution in [3.05, 3.63) is 35.4 Å². The number of fused-ring (bicyclic) bond motifs is 1. The van der Waals surface area contributed by atoms with Crippen molar-refractivity contribution < 1.29 is 19.1 Å².